The Morgan fingerprint density at radius 3 is 2.44 bits per heavy atom. The van der Waals surface area contributed by atoms with E-state index in [0.29, 0.717) is 6.42 Å². The third-order valence-corrected chi connectivity index (χ3v) is 5.14. The third-order valence-electron chi connectivity index (χ3n) is 3.77. The molecule has 1 atom stereocenters. The van der Waals surface area contributed by atoms with Crippen molar-refractivity contribution in [2.24, 2.45) is 0 Å². The Balaban J connectivity index is 1.76. The summed E-state index contributed by atoms with van der Waals surface area (Å²) < 4.78 is 5.10. The van der Waals surface area contributed by atoms with Crippen LogP contribution in [0, 0.1) is 0 Å². The number of carbonyl (C=O) groups excluding carboxylic acids is 2. The van der Waals surface area contributed by atoms with Crippen LogP contribution in [-0.4, -0.2) is 29.5 Å². The number of hydrogen-bond donors (Lipinski definition) is 0. The van der Waals surface area contributed by atoms with Gasteiger partial charge >= 0.3 is 6.09 Å². The molecule has 1 heterocycles. The van der Waals surface area contributed by atoms with Gasteiger partial charge in [0.25, 0.3) is 5.91 Å². The van der Waals surface area contributed by atoms with Gasteiger partial charge in [0.2, 0.25) is 0 Å². The van der Waals surface area contributed by atoms with Crippen molar-refractivity contribution in [3.8, 4) is 0 Å². The van der Waals surface area contributed by atoms with Crippen LogP contribution in [0.25, 0.3) is 0 Å². The number of halogens is 1. The number of ether oxygens (including phenoxy) is 1. The summed E-state index contributed by atoms with van der Waals surface area (Å²) in [6.45, 7) is 0.186. The molecule has 128 valence electrons. The highest BCUT2D eigenvalue weighted by Crippen LogP contribution is 2.30. The molecule has 1 aliphatic heterocycles. The molecular weight excluding hydrogens is 358 g/mol. The fourth-order valence-electron chi connectivity index (χ4n) is 2.59. The number of carbonyl (C=O) groups is 2. The van der Waals surface area contributed by atoms with Gasteiger partial charge in [-0.2, -0.15) is 0 Å². The van der Waals surface area contributed by atoms with E-state index in [1.54, 1.807) is 0 Å². The van der Waals surface area contributed by atoms with Gasteiger partial charge in [0.1, 0.15) is 6.61 Å². The number of nitrogens with zero attached hydrogens (tertiary/aromatic N) is 1. The molecule has 0 saturated carbocycles. The predicted molar refractivity (Wildman–Crippen MR) is 98.4 cm³/mol. The fraction of sp³-hybridized carbons (Fsp3) is 0.158. The van der Waals surface area contributed by atoms with Crippen molar-refractivity contribution in [3.05, 3.63) is 76.7 Å². The van der Waals surface area contributed by atoms with Gasteiger partial charge in [0.05, 0.1) is 10.9 Å². The molecule has 2 aromatic rings. The minimum Gasteiger partial charge on any atom is -0.447 e. The minimum absolute atomic E-state index is 0.186. The van der Waals surface area contributed by atoms with E-state index in [-0.39, 0.29) is 17.6 Å². The predicted octanol–water partition coefficient (Wildman–Crippen LogP) is 4.45. The Kier molecular flexibility index (Phi) is 5.79. The number of benzene rings is 2. The SMILES string of the molecule is O=C1OC[C@H](Cc2ccccc2)N1C(=O)/C(=C/Cl)Sc1ccccc1. The number of rotatable bonds is 5. The van der Waals surface area contributed by atoms with Crippen LogP contribution in [0.1, 0.15) is 5.56 Å². The molecule has 2 aromatic carbocycles. The van der Waals surface area contributed by atoms with Gasteiger partial charge in [-0.05, 0) is 24.1 Å². The van der Waals surface area contributed by atoms with Gasteiger partial charge in [-0.3, -0.25) is 4.79 Å². The highest BCUT2D eigenvalue weighted by atomic mass is 35.5. The smallest absolute Gasteiger partial charge is 0.417 e. The molecule has 0 spiro atoms. The normalized spacial score (nSPS) is 17.5. The highest BCUT2D eigenvalue weighted by Gasteiger charge is 2.39. The summed E-state index contributed by atoms with van der Waals surface area (Å²) in [4.78, 5) is 27.3. The molecule has 0 bridgehead atoms. The van der Waals surface area contributed by atoms with Crippen molar-refractivity contribution >= 4 is 35.4 Å². The molecule has 2 amide bonds. The van der Waals surface area contributed by atoms with E-state index in [1.165, 1.54) is 17.3 Å². The minimum atomic E-state index is -0.629. The van der Waals surface area contributed by atoms with Gasteiger partial charge in [0, 0.05) is 10.4 Å². The topological polar surface area (TPSA) is 46.6 Å². The van der Waals surface area contributed by atoms with Crippen LogP contribution in [-0.2, 0) is 16.0 Å². The van der Waals surface area contributed by atoms with Crippen molar-refractivity contribution < 1.29 is 14.3 Å². The van der Waals surface area contributed by atoms with Crippen molar-refractivity contribution in [1.29, 1.82) is 0 Å². The first-order valence-electron chi connectivity index (χ1n) is 7.76. The Labute approximate surface area is 155 Å². The molecule has 1 saturated heterocycles. The van der Waals surface area contributed by atoms with E-state index in [9.17, 15) is 9.59 Å². The maximum Gasteiger partial charge on any atom is 0.417 e. The summed E-state index contributed by atoms with van der Waals surface area (Å²) in [6, 6.07) is 18.8. The van der Waals surface area contributed by atoms with E-state index in [1.807, 2.05) is 60.7 Å². The van der Waals surface area contributed by atoms with Crippen molar-refractivity contribution in [2.45, 2.75) is 17.4 Å². The fourth-order valence-corrected chi connectivity index (χ4v) is 3.60. The van der Waals surface area contributed by atoms with Crippen LogP contribution in [0.3, 0.4) is 0 Å². The van der Waals surface area contributed by atoms with Crippen LogP contribution < -0.4 is 0 Å². The number of imide groups is 1. The third kappa shape index (κ3) is 4.24. The van der Waals surface area contributed by atoms with Gasteiger partial charge < -0.3 is 4.74 Å². The Bertz CT molecular complexity index is 780. The largest absolute Gasteiger partial charge is 0.447 e. The first-order valence-corrected chi connectivity index (χ1v) is 9.02. The van der Waals surface area contributed by atoms with Crippen LogP contribution in [0.15, 0.2) is 76.0 Å². The summed E-state index contributed by atoms with van der Waals surface area (Å²) in [5.74, 6) is -0.438. The molecule has 0 radical (unpaired) electrons. The average Bonchev–Trinajstić information content (AvgIpc) is 3.01. The molecule has 1 fully saturated rings. The Morgan fingerprint density at radius 2 is 1.80 bits per heavy atom. The molecule has 1 aliphatic rings. The van der Waals surface area contributed by atoms with Crippen molar-refractivity contribution in [2.75, 3.05) is 6.61 Å². The van der Waals surface area contributed by atoms with Gasteiger partial charge in [0.15, 0.2) is 0 Å². The van der Waals surface area contributed by atoms with E-state index in [0.717, 1.165) is 15.4 Å². The van der Waals surface area contributed by atoms with Crippen LogP contribution >= 0.6 is 23.4 Å². The van der Waals surface area contributed by atoms with Gasteiger partial charge in [-0.25, -0.2) is 9.69 Å². The van der Waals surface area contributed by atoms with E-state index in [2.05, 4.69) is 0 Å². The monoisotopic (exact) mass is 373 g/mol. The first kappa shape index (κ1) is 17.6. The zero-order valence-corrected chi connectivity index (χ0v) is 14.9. The van der Waals surface area contributed by atoms with E-state index in [4.69, 9.17) is 16.3 Å². The van der Waals surface area contributed by atoms with Crippen LogP contribution in [0.4, 0.5) is 4.79 Å². The molecule has 0 aromatic heterocycles. The Morgan fingerprint density at radius 1 is 1.16 bits per heavy atom. The standard InChI is InChI=1S/C19H16ClNO3S/c20-12-17(25-16-9-5-2-6-10-16)18(22)21-15(13-24-19(21)23)11-14-7-3-1-4-8-14/h1-10,12,15H,11,13H2/b17-12-/t15-/m0/s1. The lowest BCUT2D eigenvalue weighted by atomic mass is 10.1. The lowest BCUT2D eigenvalue weighted by molar-refractivity contribution is -0.124. The molecule has 0 N–H and O–H groups in total. The Hall–Kier alpha value is -2.24. The second-order valence-electron chi connectivity index (χ2n) is 5.48. The number of amides is 2. The van der Waals surface area contributed by atoms with Crippen molar-refractivity contribution in [3.63, 3.8) is 0 Å². The molecule has 0 unspecified atom stereocenters. The first-order chi connectivity index (χ1) is 12.2. The summed E-state index contributed by atoms with van der Waals surface area (Å²) in [6.07, 6.45) is -0.0835. The zero-order valence-electron chi connectivity index (χ0n) is 13.3. The summed E-state index contributed by atoms with van der Waals surface area (Å²) in [5, 5.41) is 0. The van der Waals surface area contributed by atoms with E-state index >= 15 is 0 Å². The maximum atomic E-state index is 12.8. The lowest BCUT2D eigenvalue weighted by Crippen LogP contribution is -2.40. The number of cyclic esters (lactones) is 1. The average molecular weight is 374 g/mol. The summed E-state index contributed by atoms with van der Waals surface area (Å²) in [5.41, 5.74) is 2.25. The molecule has 3 rings (SSSR count). The van der Waals surface area contributed by atoms with Crippen LogP contribution in [0.5, 0.6) is 0 Å². The number of hydrogen-bond acceptors (Lipinski definition) is 4. The van der Waals surface area contributed by atoms with Gasteiger partial charge in [-0.15, -0.1) is 0 Å². The van der Waals surface area contributed by atoms with Gasteiger partial charge in [-0.1, -0.05) is 71.9 Å². The van der Waals surface area contributed by atoms with E-state index < -0.39 is 12.0 Å². The second-order valence-corrected chi connectivity index (χ2v) is 6.82. The molecule has 25 heavy (non-hydrogen) atoms. The zero-order chi connectivity index (χ0) is 17.6. The molecular formula is C19H16ClNO3S. The molecule has 4 nitrogen and oxygen atoms in total. The quantitative estimate of drug-likeness (QED) is 0.574. The van der Waals surface area contributed by atoms with Crippen LogP contribution in [0.2, 0.25) is 0 Å². The number of thioether (sulfide) groups is 1. The summed E-state index contributed by atoms with van der Waals surface area (Å²) >= 11 is 7.09. The lowest BCUT2D eigenvalue weighted by Gasteiger charge is -2.20. The molecule has 6 heteroatoms. The molecule has 0 aliphatic carbocycles. The summed E-state index contributed by atoms with van der Waals surface area (Å²) in [7, 11) is 0. The second kappa shape index (κ2) is 8.23. The van der Waals surface area contributed by atoms with Crippen molar-refractivity contribution in [1.82, 2.24) is 4.90 Å². The maximum absolute atomic E-state index is 12.8. The highest BCUT2D eigenvalue weighted by molar-refractivity contribution is 8.04.